The number of hydrogen-bond donors (Lipinski definition) is 2. The number of rotatable bonds is 6. The van der Waals surface area contributed by atoms with E-state index in [1.165, 1.54) is 4.31 Å². The lowest BCUT2D eigenvalue weighted by Gasteiger charge is -2.18. The predicted octanol–water partition coefficient (Wildman–Crippen LogP) is 0.244. The number of nitrogens with one attached hydrogen (secondary N) is 1. The third-order valence-corrected chi connectivity index (χ3v) is 4.34. The molecule has 1 rings (SSSR count). The Bertz CT molecular complexity index is 542. The monoisotopic (exact) mass is 271 g/mol. The van der Waals surface area contributed by atoms with Gasteiger partial charge in [-0.05, 0) is 13.3 Å². The minimum Gasteiger partial charge on any atom is -0.392 e. The van der Waals surface area contributed by atoms with Gasteiger partial charge in [0.15, 0.2) is 5.03 Å². The van der Waals surface area contributed by atoms with Crippen LogP contribution in [0.5, 0.6) is 0 Å². The Morgan fingerprint density at radius 3 is 2.72 bits per heavy atom. The van der Waals surface area contributed by atoms with E-state index >= 15 is 0 Å². The van der Waals surface area contributed by atoms with Crippen molar-refractivity contribution in [1.82, 2.24) is 14.5 Å². The van der Waals surface area contributed by atoms with Crippen molar-refractivity contribution < 1.29 is 13.5 Å². The highest BCUT2D eigenvalue weighted by Gasteiger charge is 2.29. The zero-order valence-electron chi connectivity index (χ0n) is 10.5. The number of sulfonamides is 1. The van der Waals surface area contributed by atoms with Gasteiger partial charge in [0.1, 0.15) is 0 Å². The summed E-state index contributed by atoms with van der Waals surface area (Å²) >= 11 is 0. The van der Waals surface area contributed by atoms with Crippen molar-refractivity contribution in [3.05, 3.63) is 11.3 Å². The lowest BCUT2D eigenvalue weighted by atomic mass is 10.3. The zero-order chi connectivity index (χ0) is 13.8. The molecule has 0 aromatic carbocycles. The van der Waals surface area contributed by atoms with Gasteiger partial charge in [-0.15, -0.1) is 6.42 Å². The highest BCUT2D eigenvalue weighted by atomic mass is 32.2. The van der Waals surface area contributed by atoms with E-state index in [2.05, 4.69) is 16.1 Å². The molecule has 1 aromatic heterocycles. The molecule has 0 aliphatic rings. The minimum absolute atomic E-state index is 0.00699. The molecule has 2 N–H and O–H groups in total. The van der Waals surface area contributed by atoms with Crippen LogP contribution < -0.4 is 0 Å². The van der Waals surface area contributed by atoms with Gasteiger partial charge in [0.25, 0.3) is 10.0 Å². The summed E-state index contributed by atoms with van der Waals surface area (Å²) in [4.78, 5) is 0. The Balaban J connectivity index is 3.22. The number of aliphatic hydroxyl groups excluding tert-OH is 1. The molecule has 0 aliphatic heterocycles. The molecule has 7 heteroatoms. The molecule has 1 aromatic rings. The molecule has 18 heavy (non-hydrogen) atoms. The fourth-order valence-corrected chi connectivity index (χ4v) is 3.19. The average Bonchev–Trinajstić information content (AvgIpc) is 2.70. The molecule has 6 nitrogen and oxygen atoms in total. The van der Waals surface area contributed by atoms with E-state index in [4.69, 9.17) is 6.42 Å². The molecular weight excluding hydrogens is 254 g/mol. The molecule has 0 bridgehead atoms. The second-order valence-corrected chi connectivity index (χ2v) is 5.69. The highest BCUT2D eigenvalue weighted by molar-refractivity contribution is 7.89. The van der Waals surface area contributed by atoms with Crippen LogP contribution in [-0.2, 0) is 16.6 Å². The van der Waals surface area contributed by atoms with E-state index < -0.39 is 10.0 Å². The van der Waals surface area contributed by atoms with Crippen LogP contribution in [0.4, 0.5) is 0 Å². The van der Waals surface area contributed by atoms with Gasteiger partial charge >= 0.3 is 0 Å². The predicted molar refractivity (Wildman–Crippen MR) is 67.1 cm³/mol. The number of aromatic amines is 1. The molecule has 0 atom stereocenters. The van der Waals surface area contributed by atoms with Crippen LogP contribution >= 0.6 is 0 Å². The van der Waals surface area contributed by atoms with Crippen molar-refractivity contribution in [3.8, 4) is 12.3 Å². The normalized spacial score (nSPS) is 11.7. The van der Waals surface area contributed by atoms with Crippen LogP contribution in [0.15, 0.2) is 5.03 Å². The number of aryl methyl sites for hydroxylation is 1. The van der Waals surface area contributed by atoms with Crippen LogP contribution in [0.3, 0.4) is 0 Å². The quantitative estimate of drug-likeness (QED) is 0.726. The SMILES string of the molecule is C#CCN(CCC)S(=O)(=O)c1n[nH]c(C)c1CO. The first-order valence-corrected chi connectivity index (χ1v) is 7.01. The number of H-pyrrole nitrogens is 1. The van der Waals surface area contributed by atoms with Crippen molar-refractivity contribution in [2.24, 2.45) is 0 Å². The highest BCUT2D eigenvalue weighted by Crippen LogP contribution is 2.20. The topological polar surface area (TPSA) is 86.3 Å². The standard InChI is InChI=1S/C11H17N3O3S/c1-4-6-14(7-5-2)18(16,17)11-10(8-15)9(3)12-13-11/h1,15H,5-8H2,2-3H3,(H,12,13). The smallest absolute Gasteiger partial charge is 0.263 e. The Kier molecular flexibility index (Phi) is 4.90. The summed E-state index contributed by atoms with van der Waals surface area (Å²) in [5, 5.41) is 15.4. The van der Waals surface area contributed by atoms with Crippen molar-refractivity contribution >= 4 is 10.0 Å². The molecule has 0 unspecified atom stereocenters. The molecule has 100 valence electrons. The van der Waals surface area contributed by atoms with Crippen LogP contribution in [0, 0.1) is 19.3 Å². The maximum atomic E-state index is 12.3. The van der Waals surface area contributed by atoms with Gasteiger partial charge in [-0.1, -0.05) is 12.8 Å². The molecule has 0 amide bonds. The van der Waals surface area contributed by atoms with E-state index in [9.17, 15) is 13.5 Å². The second kappa shape index (κ2) is 6.00. The van der Waals surface area contributed by atoms with Crippen molar-refractivity contribution in [2.45, 2.75) is 31.9 Å². The van der Waals surface area contributed by atoms with Crippen LogP contribution in [0.1, 0.15) is 24.6 Å². The van der Waals surface area contributed by atoms with Crippen LogP contribution in [-0.4, -0.2) is 41.1 Å². The second-order valence-electron chi connectivity index (χ2n) is 3.83. The zero-order valence-corrected chi connectivity index (χ0v) is 11.3. The first kappa shape index (κ1) is 14.7. The summed E-state index contributed by atoms with van der Waals surface area (Å²) in [6, 6.07) is 0. The molecule has 0 fully saturated rings. The number of nitrogens with zero attached hydrogens (tertiary/aromatic N) is 2. The summed E-state index contributed by atoms with van der Waals surface area (Å²) in [5.41, 5.74) is 0.821. The van der Waals surface area contributed by atoms with Gasteiger partial charge in [-0.3, -0.25) is 5.10 Å². The van der Waals surface area contributed by atoms with Crippen LogP contribution in [0.25, 0.3) is 0 Å². The average molecular weight is 271 g/mol. The first-order valence-electron chi connectivity index (χ1n) is 5.57. The lowest BCUT2D eigenvalue weighted by molar-refractivity contribution is 0.277. The summed E-state index contributed by atoms with van der Waals surface area (Å²) in [6.07, 6.45) is 5.83. The van der Waals surface area contributed by atoms with E-state index in [0.717, 1.165) is 0 Å². The Morgan fingerprint density at radius 2 is 2.22 bits per heavy atom. The van der Waals surface area contributed by atoms with E-state index in [0.29, 0.717) is 18.7 Å². The van der Waals surface area contributed by atoms with Gasteiger partial charge in [0.05, 0.1) is 13.2 Å². The maximum absolute atomic E-state index is 12.3. The minimum atomic E-state index is -3.76. The Labute approximate surface area is 107 Å². The Morgan fingerprint density at radius 1 is 1.56 bits per heavy atom. The van der Waals surface area contributed by atoms with Crippen LogP contribution in [0.2, 0.25) is 0 Å². The third-order valence-electron chi connectivity index (χ3n) is 2.52. The maximum Gasteiger partial charge on any atom is 0.263 e. The molecule has 0 saturated carbocycles. The molecule has 0 aliphatic carbocycles. The van der Waals surface area contributed by atoms with Gasteiger partial charge in [-0.25, -0.2) is 8.42 Å². The van der Waals surface area contributed by atoms with Gasteiger partial charge < -0.3 is 5.11 Å². The van der Waals surface area contributed by atoms with E-state index in [-0.39, 0.29) is 23.7 Å². The van der Waals surface area contributed by atoms with Gasteiger partial charge in [0.2, 0.25) is 0 Å². The van der Waals surface area contributed by atoms with E-state index in [1.54, 1.807) is 6.92 Å². The summed E-state index contributed by atoms with van der Waals surface area (Å²) in [6.45, 7) is 3.45. The fraction of sp³-hybridized carbons (Fsp3) is 0.545. The van der Waals surface area contributed by atoms with Crippen molar-refractivity contribution in [1.29, 1.82) is 0 Å². The number of aliphatic hydroxyl groups is 1. The number of hydrogen-bond acceptors (Lipinski definition) is 4. The summed E-state index contributed by atoms with van der Waals surface area (Å²) in [7, 11) is -3.76. The summed E-state index contributed by atoms with van der Waals surface area (Å²) < 4.78 is 25.9. The lowest BCUT2D eigenvalue weighted by Crippen LogP contribution is -2.33. The molecule has 1 heterocycles. The molecule has 0 saturated heterocycles. The largest absolute Gasteiger partial charge is 0.392 e. The Hall–Kier alpha value is -1.36. The van der Waals surface area contributed by atoms with Gasteiger partial charge in [-0.2, -0.15) is 9.40 Å². The van der Waals surface area contributed by atoms with Crippen molar-refractivity contribution in [3.63, 3.8) is 0 Å². The first-order chi connectivity index (χ1) is 8.48. The third kappa shape index (κ3) is 2.72. The van der Waals surface area contributed by atoms with E-state index in [1.807, 2.05) is 6.92 Å². The molecular formula is C11H17N3O3S. The molecule has 0 radical (unpaired) electrons. The summed E-state index contributed by atoms with van der Waals surface area (Å²) in [5.74, 6) is 2.32. The number of aromatic nitrogens is 2. The molecule has 0 spiro atoms. The van der Waals surface area contributed by atoms with Crippen molar-refractivity contribution in [2.75, 3.05) is 13.1 Å². The fourth-order valence-electron chi connectivity index (χ4n) is 1.59. The number of terminal acetylenes is 1. The van der Waals surface area contributed by atoms with Gasteiger partial charge in [0, 0.05) is 17.8 Å².